The van der Waals surface area contributed by atoms with Crippen LogP contribution in [0.15, 0.2) is 59.4 Å². The van der Waals surface area contributed by atoms with Crippen LogP contribution in [0, 0.1) is 0 Å². The van der Waals surface area contributed by atoms with E-state index < -0.39 is 23.4 Å². The molecule has 4 N–H and O–H groups in total. The number of phenolic OH excluding ortho intramolecular Hbond substituents is 1. The number of aromatic hydroxyl groups is 1. The van der Waals surface area contributed by atoms with Crippen LogP contribution in [0.4, 0.5) is 0 Å². The van der Waals surface area contributed by atoms with Gasteiger partial charge in [0.1, 0.15) is 22.8 Å². The van der Waals surface area contributed by atoms with Crippen molar-refractivity contribution >= 4 is 11.8 Å². The average molecular weight is 475 g/mol. The maximum atomic E-state index is 13.8. The Balaban J connectivity index is 1.96. The van der Waals surface area contributed by atoms with Crippen molar-refractivity contribution in [3.8, 4) is 28.3 Å². The number of primary amides is 1. The van der Waals surface area contributed by atoms with Crippen molar-refractivity contribution < 1.29 is 14.7 Å². The highest BCUT2D eigenvalue weighted by atomic mass is 16.3. The van der Waals surface area contributed by atoms with E-state index in [4.69, 9.17) is 5.73 Å². The quantitative estimate of drug-likeness (QED) is 0.480. The highest BCUT2D eigenvalue weighted by Crippen LogP contribution is 2.28. The third-order valence-electron chi connectivity index (χ3n) is 6.39. The van der Waals surface area contributed by atoms with E-state index in [1.807, 2.05) is 6.07 Å². The molecule has 3 aromatic rings. The SMILES string of the molecule is CC(CC(N)=O)n1c(C(=O)NC2CCCCC2)c(-c2ccc(O)cc2)nc(-c2ccccc2)c1=O. The number of amides is 2. The van der Waals surface area contributed by atoms with Crippen LogP contribution in [0.1, 0.15) is 62.0 Å². The fourth-order valence-electron chi connectivity index (χ4n) is 4.67. The zero-order chi connectivity index (χ0) is 24.9. The lowest BCUT2D eigenvalue weighted by Gasteiger charge is -2.26. The largest absolute Gasteiger partial charge is 0.508 e. The lowest BCUT2D eigenvalue weighted by molar-refractivity contribution is -0.118. The number of aromatic nitrogens is 2. The maximum Gasteiger partial charge on any atom is 0.277 e. The van der Waals surface area contributed by atoms with Gasteiger partial charge in [-0.25, -0.2) is 4.98 Å². The monoisotopic (exact) mass is 474 g/mol. The Labute approximate surface area is 203 Å². The van der Waals surface area contributed by atoms with Gasteiger partial charge >= 0.3 is 0 Å². The molecule has 0 radical (unpaired) electrons. The van der Waals surface area contributed by atoms with Crippen molar-refractivity contribution in [2.24, 2.45) is 5.73 Å². The van der Waals surface area contributed by atoms with E-state index >= 15 is 0 Å². The first-order valence-corrected chi connectivity index (χ1v) is 12.0. The standard InChI is InChI=1S/C27H30N4O4/c1-17(16-22(28)33)31-25(26(34)29-20-10-6-3-7-11-20)23(19-12-14-21(32)15-13-19)30-24(27(31)35)18-8-4-2-5-9-18/h2,4-5,8-9,12-15,17,20,32H,3,6-7,10-11,16H2,1H3,(H2,28,33)(H,29,34). The molecule has 2 amide bonds. The molecule has 0 spiro atoms. The minimum Gasteiger partial charge on any atom is -0.508 e. The number of rotatable bonds is 7. The predicted molar refractivity (Wildman–Crippen MR) is 134 cm³/mol. The second-order valence-corrected chi connectivity index (χ2v) is 9.07. The third-order valence-corrected chi connectivity index (χ3v) is 6.39. The lowest BCUT2D eigenvalue weighted by Crippen LogP contribution is -2.41. The summed E-state index contributed by atoms with van der Waals surface area (Å²) in [6, 6.07) is 14.6. The Morgan fingerprint density at radius 3 is 2.29 bits per heavy atom. The topological polar surface area (TPSA) is 127 Å². The van der Waals surface area contributed by atoms with Gasteiger partial charge in [-0.3, -0.25) is 19.0 Å². The van der Waals surface area contributed by atoms with Crippen molar-refractivity contribution in [2.45, 2.75) is 57.5 Å². The van der Waals surface area contributed by atoms with Crippen LogP contribution in [0.3, 0.4) is 0 Å². The smallest absolute Gasteiger partial charge is 0.277 e. The minimum absolute atomic E-state index is 0.00714. The molecule has 182 valence electrons. The first-order chi connectivity index (χ1) is 16.8. The van der Waals surface area contributed by atoms with Gasteiger partial charge in [0.05, 0.1) is 0 Å². The van der Waals surface area contributed by atoms with E-state index in [1.54, 1.807) is 43.3 Å². The Bertz CT molecular complexity index is 1260. The fraction of sp³-hybridized carbons (Fsp3) is 0.333. The number of carbonyl (C=O) groups excluding carboxylic acids is 2. The molecule has 0 saturated heterocycles. The molecule has 4 rings (SSSR count). The molecule has 1 aliphatic carbocycles. The summed E-state index contributed by atoms with van der Waals surface area (Å²) >= 11 is 0. The minimum atomic E-state index is -0.673. The van der Waals surface area contributed by atoms with Crippen LogP contribution in [0.2, 0.25) is 0 Å². The van der Waals surface area contributed by atoms with Crippen molar-refractivity contribution in [1.29, 1.82) is 0 Å². The van der Waals surface area contributed by atoms with E-state index in [2.05, 4.69) is 10.3 Å². The van der Waals surface area contributed by atoms with Gasteiger partial charge in [-0.15, -0.1) is 0 Å². The molecular weight excluding hydrogens is 444 g/mol. The summed E-state index contributed by atoms with van der Waals surface area (Å²) in [5.41, 5.74) is 6.71. The summed E-state index contributed by atoms with van der Waals surface area (Å²) in [5, 5.41) is 12.9. The first kappa shape index (κ1) is 24.2. The van der Waals surface area contributed by atoms with Crippen molar-refractivity contribution in [3.05, 3.63) is 70.6 Å². The average Bonchev–Trinajstić information content (AvgIpc) is 2.85. The number of nitrogens with two attached hydrogens (primary N) is 1. The molecule has 1 atom stereocenters. The van der Waals surface area contributed by atoms with Crippen molar-refractivity contribution in [3.63, 3.8) is 0 Å². The zero-order valence-electron chi connectivity index (χ0n) is 19.7. The highest BCUT2D eigenvalue weighted by molar-refractivity contribution is 5.99. The van der Waals surface area contributed by atoms with Gasteiger partial charge in [0.15, 0.2) is 0 Å². The van der Waals surface area contributed by atoms with Crippen molar-refractivity contribution in [1.82, 2.24) is 14.9 Å². The molecule has 0 aliphatic heterocycles. The number of carbonyl (C=O) groups is 2. The maximum absolute atomic E-state index is 13.8. The molecular formula is C27H30N4O4. The fourth-order valence-corrected chi connectivity index (χ4v) is 4.67. The molecule has 2 aromatic carbocycles. The van der Waals surface area contributed by atoms with Crippen molar-refractivity contribution in [2.75, 3.05) is 0 Å². The summed E-state index contributed by atoms with van der Waals surface area (Å²) < 4.78 is 1.35. The molecule has 8 nitrogen and oxygen atoms in total. The zero-order valence-corrected chi connectivity index (χ0v) is 19.7. The number of hydrogen-bond donors (Lipinski definition) is 3. The summed E-state index contributed by atoms with van der Waals surface area (Å²) in [7, 11) is 0. The first-order valence-electron chi connectivity index (χ1n) is 12.0. The van der Waals surface area contributed by atoms with Gasteiger partial charge in [-0.05, 0) is 44.0 Å². The van der Waals surface area contributed by atoms with Crippen LogP contribution in [0.25, 0.3) is 22.5 Å². The number of nitrogens with one attached hydrogen (secondary N) is 1. The summed E-state index contributed by atoms with van der Waals surface area (Å²) in [6.45, 7) is 1.69. The number of hydrogen-bond acceptors (Lipinski definition) is 5. The van der Waals surface area contributed by atoms with E-state index in [0.717, 1.165) is 32.1 Å². The van der Waals surface area contributed by atoms with E-state index in [1.165, 1.54) is 16.7 Å². The molecule has 1 aromatic heterocycles. The predicted octanol–water partition coefficient (Wildman–Crippen LogP) is 3.78. The normalized spacial score (nSPS) is 14.9. The number of benzene rings is 2. The highest BCUT2D eigenvalue weighted by Gasteiger charge is 2.28. The Morgan fingerprint density at radius 2 is 1.66 bits per heavy atom. The molecule has 1 fully saturated rings. The molecule has 0 bridgehead atoms. The second-order valence-electron chi connectivity index (χ2n) is 9.07. The van der Waals surface area contributed by atoms with Crippen LogP contribution < -0.4 is 16.6 Å². The van der Waals surface area contributed by atoms with Crippen LogP contribution in [-0.2, 0) is 4.79 Å². The molecule has 1 heterocycles. The second kappa shape index (κ2) is 10.5. The summed E-state index contributed by atoms with van der Waals surface area (Å²) in [5.74, 6) is -0.923. The van der Waals surface area contributed by atoms with Crippen LogP contribution in [-0.4, -0.2) is 32.5 Å². The van der Waals surface area contributed by atoms with Gasteiger partial charge in [0, 0.05) is 29.6 Å². The summed E-state index contributed by atoms with van der Waals surface area (Å²) in [4.78, 5) is 44.0. The van der Waals surface area contributed by atoms with Gasteiger partial charge in [0.2, 0.25) is 5.91 Å². The van der Waals surface area contributed by atoms with E-state index in [0.29, 0.717) is 16.8 Å². The molecule has 1 unspecified atom stereocenters. The van der Waals surface area contributed by atoms with Gasteiger partial charge < -0.3 is 16.2 Å². The molecule has 8 heteroatoms. The lowest BCUT2D eigenvalue weighted by atomic mass is 9.95. The van der Waals surface area contributed by atoms with E-state index in [9.17, 15) is 19.5 Å². The van der Waals surface area contributed by atoms with Gasteiger partial charge in [-0.1, -0.05) is 49.6 Å². The number of nitrogens with zero attached hydrogens (tertiary/aromatic N) is 2. The van der Waals surface area contributed by atoms with Crippen LogP contribution >= 0.6 is 0 Å². The Morgan fingerprint density at radius 1 is 1.03 bits per heavy atom. The molecule has 35 heavy (non-hydrogen) atoms. The molecule has 1 aliphatic rings. The van der Waals surface area contributed by atoms with E-state index in [-0.39, 0.29) is 29.6 Å². The summed E-state index contributed by atoms with van der Waals surface area (Å²) in [6.07, 6.45) is 4.83. The number of phenols is 1. The van der Waals surface area contributed by atoms with Crippen LogP contribution in [0.5, 0.6) is 5.75 Å². The van der Waals surface area contributed by atoms with Gasteiger partial charge in [0.25, 0.3) is 11.5 Å². The Kier molecular flexibility index (Phi) is 7.29. The molecule has 1 saturated carbocycles. The third kappa shape index (κ3) is 5.42. The van der Waals surface area contributed by atoms with Gasteiger partial charge in [-0.2, -0.15) is 0 Å². The Hall–Kier alpha value is -3.94.